The van der Waals surface area contributed by atoms with Crippen molar-refractivity contribution in [1.29, 1.82) is 0 Å². The van der Waals surface area contributed by atoms with Gasteiger partial charge < -0.3 is 14.8 Å². The molecule has 6 heteroatoms. The van der Waals surface area contributed by atoms with Crippen LogP contribution in [-0.2, 0) is 24.8 Å². The fraction of sp³-hybridized carbons (Fsp3) is 0.419. The number of hydrogen-bond donors (Lipinski definition) is 1. The first-order valence-electron chi connectivity index (χ1n) is 13.1. The van der Waals surface area contributed by atoms with E-state index in [-0.39, 0.29) is 5.91 Å². The van der Waals surface area contributed by atoms with E-state index in [1.54, 1.807) is 4.68 Å². The number of nitrogens with one attached hydrogen (secondary N) is 1. The molecule has 0 unspecified atom stereocenters. The zero-order chi connectivity index (χ0) is 27.2. The predicted molar refractivity (Wildman–Crippen MR) is 150 cm³/mol. The minimum absolute atomic E-state index is 0.203. The highest BCUT2D eigenvalue weighted by molar-refractivity contribution is 5.93. The van der Waals surface area contributed by atoms with Crippen LogP contribution >= 0.6 is 0 Å². The van der Waals surface area contributed by atoms with Gasteiger partial charge in [-0.15, -0.1) is 0 Å². The molecule has 0 spiro atoms. The monoisotopic (exact) mass is 503 g/mol. The number of unbranched alkanes of at least 4 members (excludes halogenated alkanes) is 1. The van der Waals surface area contributed by atoms with Crippen molar-refractivity contribution >= 4 is 5.91 Å². The summed E-state index contributed by atoms with van der Waals surface area (Å²) in [7, 11) is 1.87. The zero-order valence-corrected chi connectivity index (χ0v) is 23.4. The summed E-state index contributed by atoms with van der Waals surface area (Å²) in [5, 5.41) is 7.46. The Kier molecular flexibility index (Phi) is 9.19. The van der Waals surface area contributed by atoms with Crippen molar-refractivity contribution in [3.63, 3.8) is 0 Å². The second-order valence-electron chi connectivity index (χ2n) is 10.0. The summed E-state index contributed by atoms with van der Waals surface area (Å²) < 4.78 is 13.6. The van der Waals surface area contributed by atoms with Crippen molar-refractivity contribution in [3.8, 4) is 17.0 Å². The minimum atomic E-state index is -0.659. The molecule has 1 aromatic heterocycles. The van der Waals surface area contributed by atoms with E-state index in [9.17, 15) is 4.79 Å². The van der Waals surface area contributed by atoms with Gasteiger partial charge in [-0.2, -0.15) is 5.10 Å². The molecule has 1 amide bonds. The lowest BCUT2D eigenvalue weighted by Gasteiger charge is -2.30. The van der Waals surface area contributed by atoms with Gasteiger partial charge in [-0.1, -0.05) is 56.3 Å². The number of amides is 1. The van der Waals surface area contributed by atoms with E-state index in [1.165, 1.54) is 18.4 Å². The highest BCUT2D eigenvalue weighted by Crippen LogP contribution is 2.31. The zero-order valence-electron chi connectivity index (χ0n) is 23.4. The maximum atomic E-state index is 12.9. The lowest BCUT2D eigenvalue weighted by atomic mass is 10.0. The molecule has 0 aliphatic carbocycles. The first-order chi connectivity index (χ1) is 17.6. The van der Waals surface area contributed by atoms with Crippen LogP contribution in [0.4, 0.5) is 0 Å². The molecule has 0 bridgehead atoms. The number of ether oxygens (including phenoxy) is 2. The second-order valence-corrected chi connectivity index (χ2v) is 10.0. The number of carbonyl (C=O) groups excluding carboxylic acids is 1. The Balaban J connectivity index is 1.67. The van der Waals surface area contributed by atoms with Crippen LogP contribution in [0.25, 0.3) is 11.3 Å². The number of nitrogens with zero attached hydrogens (tertiary/aromatic N) is 2. The molecule has 1 N–H and O–H groups in total. The topological polar surface area (TPSA) is 65.4 Å². The van der Waals surface area contributed by atoms with Crippen LogP contribution in [0.15, 0.2) is 54.8 Å². The first kappa shape index (κ1) is 28.0. The molecule has 198 valence electrons. The Morgan fingerprint density at radius 3 is 2.30 bits per heavy atom. The number of hydrogen-bond acceptors (Lipinski definition) is 4. The number of aromatic nitrogens is 2. The summed E-state index contributed by atoms with van der Waals surface area (Å²) in [4.78, 5) is 12.9. The summed E-state index contributed by atoms with van der Waals surface area (Å²) in [5.74, 6) is 1.19. The normalized spacial score (nSPS) is 11.3. The molecule has 0 fully saturated rings. The van der Waals surface area contributed by atoms with Crippen LogP contribution in [0.1, 0.15) is 73.3 Å². The van der Waals surface area contributed by atoms with Gasteiger partial charge in [-0.25, -0.2) is 0 Å². The lowest BCUT2D eigenvalue weighted by molar-refractivity contribution is 0.0631. The highest BCUT2D eigenvalue weighted by Gasteiger charge is 2.27. The van der Waals surface area contributed by atoms with E-state index in [2.05, 4.69) is 48.2 Å². The van der Waals surface area contributed by atoms with Gasteiger partial charge in [0.25, 0.3) is 5.91 Å². The van der Waals surface area contributed by atoms with Crippen LogP contribution in [0.5, 0.6) is 5.75 Å². The molecule has 0 atom stereocenters. The van der Waals surface area contributed by atoms with Crippen LogP contribution in [0.3, 0.4) is 0 Å². The Labute approximate surface area is 221 Å². The largest absolute Gasteiger partial charge is 0.495 e. The lowest BCUT2D eigenvalue weighted by Crippen LogP contribution is -2.32. The Morgan fingerprint density at radius 2 is 1.70 bits per heavy atom. The number of benzene rings is 2. The molecule has 0 saturated carbocycles. The first-order valence-corrected chi connectivity index (χ1v) is 13.1. The van der Waals surface area contributed by atoms with Crippen LogP contribution < -0.4 is 10.1 Å². The Bertz CT molecular complexity index is 1220. The third kappa shape index (κ3) is 7.03. The van der Waals surface area contributed by atoms with Crippen molar-refractivity contribution < 1.29 is 14.3 Å². The summed E-state index contributed by atoms with van der Waals surface area (Å²) in [6, 6.07) is 14.4. The summed E-state index contributed by atoms with van der Waals surface area (Å²) in [5.41, 5.74) is 6.01. The van der Waals surface area contributed by atoms with Gasteiger partial charge >= 0.3 is 0 Å². The van der Waals surface area contributed by atoms with Gasteiger partial charge in [0.1, 0.15) is 11.5 Å². The molecule has 1 heterocycles. The minimum Gasteiger partial charge on any atom is -0.495 e. The van der Waals surface area contributed by atoms with Crippen LogP contribution in [-0.4, -0.2) is 27.9 Å². The standard InChI is InChI=1S/C31H41N3O3/c1-9-11-12-24-13-15-26(16-14-24)28-19-27(33-34(28)8)30(35)32-20-25-17-21(3)29(22(4)18-25)37-31(6,7)23(5)36-10-2/h13-19H,5,9-12,20H2,1-4,6-8H3,(H,32,35). The third-order valence-corrected chi connectivity index (χ3v) is 6.50. The second kappa shape index (κ2) is 12.1. The summed E-state index contributed by atoms with van der Waals surface area (Å²) >= 11 is 0. The average Bonchev–Trinajstić information content (AvgIpc) is 3.25. The maximum Gasteiger partial charge on any atom is 0.272 e. The fourth-order valence-corrected chi connectivity index (χ4v) is 4.31. The van der Waals surface area contributed by atoms with Gasteiger partial charge in [-0.3, -0.25) is 9.48 Å². The van der Waals surface area contributed by atoms with Crippen LogP contribution in [0.2, 0.25) is 0 Å². The molecule has 3 aromatic rings. The molecule has 2 aromatic carbocycles. The van der Waals surface area contributed by atoms with Crippen molar-refractivity contribution in [1.82, 2.24) is 15.1 Å². The van der Waals surface area contributed by atoms with Gasteiger partial charge in [0.15, 0.2) is 11.3 Å². The van der Waals surface area contributed by atoms with E-state index >= 15 is 0 Å². The molecule has 0 saturated heterocycles. The third-order valence-electron chi connectivity index (χ3n) is 6.50. The highest BCUT2D eigenvalue weighted by atomic mass is 16.5. The quantitative estimate of drug-likeness (QED) is 0.280. The van der Waals surface area contributed by atoms with E-state index in [4.69, 9.17) is 9.47 Å². The molecule has 0 aliphatic rings. The van der Waals surface area contributed by atoms with Gasteiger partial charge in [0, 0.05) is 13.6 Å². The maximum absolute atomic E-state index is 12.9. The van der Waals surface area contributed by atoms with E-state index in [0.29, 0.717) is 24.6 Å². The van der Waals surface area contributed by atoms with Gasteiger partial charge in [0.2, 0.25) is 0 Å². The van der Waals surface area contributed by atoms with E-state index in [1.807, 2.05) is 59.9 Å². The van der Waals surface area contributed by atoms with E-state index in [0.717, 1.165) is 40.1 Å². The summed E-state index contributed by atoms with van der Waals surface area (Å²) in [6.07, 6.45) is 3.45. The smallest absolute Gasteiger partial charge is 0.272 e. The van der Waals surface area contributed by atoms with Crippen molar-refractivity contribution in [2.75, 3.05) is 6.61 Å². The predicted octanol–water partition coefficient (Wildman–Crippen LogP) is 6.68. The number of rotatable bonds is 12. The van der Waals surface area contributed by atoms with Gasteiger partial charge in [0.05, 0.1) is 12.3 Å². The fourth-order valence-electron chi connectivity index (χ4n) is 4.31. The van der Waals surface area contributed by atoms with E-state index < -0.39 is 5.60 Å². The molecular formula is C31H41N3O3. The number of aryl methyl sites for hydroxylation is 4. The average molecular weight is 504 g/mol. The van der Waals surface area contributed by atoms with Crippen LogP contribution in [0, 0.1) is 13.8 Å². The molecule has 3 rings (SSSR count). The van der Waals surface area contributed by atoms with Crippen molar-refractivity contribution in [2.24, 2.45) is 7.05 Å². The Morgan fingerprint density at radius 1 is 1.05 bits per heavy atom. The van der Waals surface area contributed by atoms with Crippen molar-refractivity contribution in [2.45, 2.75) is 73.0 Å². The Hall–Kier alpha value is -3.54. The SMILES string of the molecule is C=C(OCC)C(C)(C)Oc1c(C)cc(CNC(=O)c2cc(-c3ccc(CCCC)cc3)n(C)n2)cc1C. The van der Waals surface area contributed by atoms with Crippen molar-refractivity contribution in [3.05, 3.63) is 82.8 Å². The molecule has 6 nitrogen and oxygen atoms in total. The molecule has 0 aliphatic heterocycles. The molecule has 37 heavy (non-hydrogen) atoms. The van der Waals surface area contributed by atoms with Gasteiger partial charge in [-0.05, 0) is 81.3 Å². The molecular weight excluding hydrogens is 462 g/mol. The number of carbonyl (C=O) groups is 1. The summed E-state index contributed by atoms with van der Waals surface area (Å²) in [6.45, 7) is 17.0. The molecule has 0 radical (unpaired) electrons.